The Morgan fingerprint density at radius 1 is 0.269 bits per heavy atom. The van der Waals surface area contributed by atoms with Crippen molar-refractivity contribution >= 4 is 43.6 Å². The maximum Gasteiger partial charge on any atom is 0.160 e. The molecule has 2 aliphatic rings. The van der Waals surface area contributed by atoms with E-state index in [9.17, 15) is 0 Å². The molecule has 0 unspecified atom stereocenters. The second kappa shape index (κ2) is 14.2. The summed E-state index contributed by atoms with van der Waals surface area (Å²) in [4.78, 5) is 21.2. The summed E-state index contributed by atoms with van der Waals surface area (Å²) in [5.74, 6) is 0. The highest BCUT2D eigenvalue weighted by molar-refractivity contribution is 6.17. The number of rotatable bonds is 6. The summed E-state index contributed by atoms with van der Waals surface area (Å²) in [5, 5.41) is 7.07. The van der Waals surface area contributed by atoms with Crippen LogP contribution in [0.4, 0.5) is 0 Å². The van der Waals surface area contributed by atoms with Gasteiger partial charge in [-0.05, 0) is 79.2 Å². The average Bonchev–Trinajstić information content (AvgIpc) is 3.87. The summed E-state index contributed by atoms with van der Waals surface area (Å²) in [7, 11) is 0. The molecule has 4 heterocycles. The van der Waals surface area contributed by atoms with Crippen molar-refractivity contribution in [3.05, 3.63) is 217 Å². The Kier molecular flexibility index (Phi) is 8.00. The molecule has 0 radical (unpaired) electrons. The standard InChI is InChI=1S/C63H40N4/c1-63(2,45-29-25-37(26-30-45)51-33-43-35-53-47-21-9-17-39-19-11-23-49(55(39)47)59(53)66-61(43)64-57(51)41-13-5-3-6-14-41)46-31-27-38(28-32-46)52-34-44-36-54-48-22-10-18-40-20-12-24-50(56(40)48)60(54)67-62(44)65-58(52)42-15-7-4-8-16-42/h3-36H,1-2H3. The molecule has 14 rings (SSSR count). The quantitative estimate of drug-likeness (QED) is 0.167. The van der Waals surface area contributed by atoms with Crippen molar-refractivity contribution in [3.8, 4) is 89.5 Å². The Balaban J connectivity index is 0.829. The molecule has 0 N–H and O–H groups in total. The Bertz CT molecular complexity index is 3750. The zero-order valence-corrected chi connectivity index (χ0v) is 36.9. The first-order chi connectivity index (χ1) is 32.9. The fourth-order valence-electron chi connectivity index (χ4n) is 10.9. The summed E-state index contributed by atoms with van der Waals surface area (Å²) < 4.78 is 0. The molecule has 0 atom stereocenters. The maximum absolute atomic E-state index is 5.33. The van der Waals surface area contributed by atoms with E-state index in [1.807, 2.05) is 0 Å². The van der Waals surface area contributed by atoms with Crippen LogP contribution in [0.1, 0.15) is 25.0 Å². The Labute approximate surface area is 388 Å². The van der Waals surface area contributed by atoms with Gasteiger partial charge in [0.15, 0.2) is 11.3 Å². The molecule has 312 valence electrons. The molecular formula is C63H40N4. The third kappa shape index (κ3) is 5.73. The van der Waals surface area contributed by atoms with Crippen LogP contribution in [-0.2, 0) is 5.41 Å². The number of fused-ring (bicyclic) bond motifs is 8. The lowest BCUT2D eigenvalue weighted by Crippen LogP contribution is -2.18. The van der Waals surface area contributed by atoms with Crippen molar-refractivity contribution in [2.24, 2.45) is 0 Å². The number of benzene rings is 8. The minimum absolute atomic E-state index is 0.272. The van der Waals surface area contributed by atoms with Gasteiger partial charge in [-0.2, -0.15) is 0 Å². The van der Waals surface area contributed by atoms with E-state index in [0.29, 0.717) is 0 Å². The van der Waals surface area contributed by atoms with Crippen LogP contribution >= 0.6 is 0 Å². The van der Waals surface area contributed by atoms with Crippen LogP contribution in [0, 0.1) is 0 Å². The van der Waals surface area contributed by atoms with Gasteiger partial charge in [-0.3, -0.25) is 0 Å². The van der Waals surface area contributed by atoms with E-state index in [1.165, 1.54) is 66.1 Å². The third-order valence-corrected chi connectivity index (χ3v) is 14.4. The molecule has 2 aliphatic carbocycles. The SMILES string of the molecule is CC(C)(c1ccc(-c2cc3cc4c(nc3nc2-c2ccccc2)-c2cccc3cccc-4c23)cc1)c1ccc(-c2cc3cc4c(nc3nc2-c2ccccc2)-c2cccc3cccc-4c23)cc1. The van der Waals surface area contributed by atoms with Gasteiger partial charge in [-0.1, -0.05) is 196 Å². The molecule has 0 spiro atoms. The predicted octanol–water partition coefficient (Wildman–Crippen LogP) is 16.2. The first-order valence-electron chi connectivity index (χ1n) is 23.0. The average molecular weight is 853 g/mol. The highest BCUT2D eigenvalue weighted by atomic mass is 14.9. The third-order valence-electron chi connectivity index (χ3n) is 14.4. The Morgan fingerprint density at radius 3 is 1.03 bits per heavy atom. The van der Waals surface area contributed by atoms with E-state index in [-0.39, 0.29) is 5.41 Å². The molecule has 12 aromatic rings. The Hall–Kier alpha value is -8.60. The van der Waals surface area contributed by atoms with Gasteiger partial charge in [0.25, 0.3) is 0 Å². The van der Waals surface area contributed by atoms with E-state index in [0.717, 1.165) is 78.2 Å². The molecule has 4 nitrogen and oxygen atoms in total. The lowest BCUT2D eigenvalue weighted by molar-refractivity contribution is 0.641. The van der Waals surface area contributed by atoms with Crippen molar-refractivity contribution in [2.75, 3.05) is 0 Å². The van der Waals surface area contributed by atoms with E-state index in [4.69, 9.17) is 19.9 Å². The van der Waals surface area contributed by atoms with Gasteiger partial charge in [-0.25, -0.2) is 19.9 Å². The van der Waals surface area contributed by atoms with Crippen LogP contribution in [-0.4, -0.2) is 19.9 Å². The molecule has 8 aromatic carbocycles. The van der Waals surface area contributed by atoms with Crippen LogP contribution in [0.25, 0.3) is 133 Å². The summed E-state index contributed by atoms with van der Waals surface area (Å²) in [5.41, 5.74) is 21.3. The van der Waals surface area contributed by atoms with Gasteiger partial charge < -0.3 is 0 Å². The van der Waals surface area contributed by atoms with E-state index >= 15 is 0 Å². The summed E-state index contributed by atoms with van der Waals surface area (Å²) in [6.07, 6.45) is 0. The zero-order valence-electron chi connectivity index (χ0n) is 36.9. The van der Waals surface area contributed by atoms with E-state index < -0.39 is 0 Å². The van der Waals surface area contributed by atoms with E-state index in [2.05, 4.69) is 220 Å². The first kappa shape index (κ1) is 37.7. The van der Waals surface area contributed by atoms with E-state index in [1.54, 1.807) is 0 Å². The van der Waals surface area contributed by atoms with Gasteiger partial charge in [0, 0.05) is 60.7 Å². The van der Waals surface area contributed by atoms with Gasteiger partial charge >= 0.3 is 0 Å². The maximum atomic E-state index is 5.33. The summed E-state index contributed by atoms with van der Waals surface area (Å²) >= 11 is 0. The predicted molar refractivity (Wildman–Crippen MR) is 277 cm³/mol. The van der Waals surface area contributed by atoms with Crippen LogP contribution in [0.2, 0.25) is 0 Å². The lowest BCUT2D eigenvalue weighted by Gasteiger charge is -2.27. The number of hydrogen-bond donors (Lipinski definition) is 0. The minimum Gasteiger partial charge on any atom is -0.227 e. The van der Waals surface area contributed by atoms with Gasteiger partial charge in [0.05, 0.1) is 22.8 Å². The molecule has 4 aromatic heterocycles. The fraction of sp³-hybridized carbons (Fsp3) is 0.0476. The topological polar surface area (TPSA) is 51.6 Å². The van der Waals surface area contributed by atoms with Crippen LogP contribution in [0.15, 0.2) is 206 Å². The number of hydrogen-bond acceptors (Lipinski definition) is 4. The zero-order chi connectivity index (χ0) is 44.4. The summed E-state index contributed by atoms with van der Waals surface area (Å²) in [6.45, 7) is 4.62. The fourth-order valence-corrected chi connectivity index (χ4v) is 10.9. The second-order valence-corrected chi connectivity index (χ2v) is 18.6. The highest BCUT2D eigenvalue weighted by Gasteiger charge is 2.28. The highest BCUT2D eigenvalue weighted by Crippen LogP contribution is 2.49. The smallest absolute Gasteiger partial charge is 0.160 e. The molecule has 0 bridgehead atoms. The Morgan fingerprint density at radius 2 is 0.627 bits per heavy atom. The van der Waals surface area contributed by atoms with Gasteiger partial charge in [0.1, 0.15) is 0 Å². The molecule has 67 heavy (non-hydrogen) atoms. The van der Waals surface area contributed by atoms with Crippen LogP contribution in [0.3, 0.4) is 0 Å². The minimum atomic E-state index is -0.272. The molecule has 0 saturated heterocycles. The van der Waals surface area contributed by atoms with Gasteiger partial charge in [-0.15, -0.1) is 0 Å². The van der Waals surface area contributed by atoms with Gasteiger partial charge in [0.2, 0.25) is 0 Å². The van der Waals surface area contributed by atoms with Crippen molar-refractivity contribution < 1.29 is 0 Å². The monoisotopic (exact) mass is 852 g/mol. The molecule has 4 heteroatoms. The van der Waals surface area contributed by atoms with Crippen molar-refractivity contribution in [3.63, 3.8) is 0 Å². The first-order valence-corrected chi connectivity index (χ1v) is 23.0. The normalized spacial score (nSPS) is 12.3. The van der Waals surface area contributed by atoms with Crippen molar-refractivity contribution in [1.82, 2.24) is 19.9 Å². The number of nitrogens with zero attached hydrogens (tertiary/aromatic N) is 4. The largest absolute Gasteiger partial charge is 0.227 e. The lowest BCUT2D eigenvalue weighted by atomic mass is 9.77. The number of pyridine rings is 4. The molecule has 0 amide bonds. The summed E-state index contributed by atoms with van der Waals surface area (Å²) in [6, 6.07) is 74.4. The van der Waals surface area contributed by atoms with Crippen molar-refractivity contribution in [1.29, 1.82) is 0 Å². The van der Waals surface area contributed by atoms with Crippen molar-refractivity contribution in [2.45, 2.75) is 19.3 Å². The second-order valence-electron chi connectivity index (χ2n) is 18.6. The molecule has 0 aliphatic heterocycles. The molecule has 0 fully saturated rings. The number of aromatic nitrogens is 4. The van der Waals surface area contributed by atoms with Crippen LogP contribution in [0.5, 0.6) is 0 Å². The van der Waals surface area contributed by atoms with Crippen LogP contribution < -0.4 is 0 Å². The molecular weight excluding hydrogens is 813 g/mol. The molecule has 0 saturated carbocycles.